The predicted octanol–water partition coefficient (Wildman–Crippen LogP) is 4.60. The van der Waals surface area contributed by atoms with Gasteiger partial charge in [-0.3, -0.25) is 0 Å². The molecule has 96 valence electrons. The molecule has 19 heavy (non-hydrogen) atoms. The van der Waals surface area contributed by atoms with Crippen LogP contribution in [0.2, 0.25) is 0 Å². The fourth-order valence-corrected chi connectivity index (χ4v) is 3.38. The Morgan fingerprint density at radius 3 is 2.47 bits per heavy atom. The first-order valence-electron chi connectivity index (χ1n) is 6.39. The van der Waals surface area contributed by atoms with E-state index in [-0.39, 0.29) is 0 Å². The van der Waals surface area contributed by atoms with Crippen molar-refractivity contribution in [2.45, 2.75) is 20.0 Å². The summed E-state index contributed by atoms with van der Waals surface area (Å²) in [5.74, 6) is 0. The number of aliphatic hydroxyl groups excluding tert-OH is 1. The number of aryl methyl sites for hydroxylation is 2. The zero-order valence-electron chi connectivity index (χ0n) is 11.1. The molecule has 0 saturated carbocycles. The van der Waals surface area contributed by atoms with E-state index in [1.165, 1.54) is 10.3 Å². The molecule has 1 heterocycles. The maximum atomic E-state index is 10.7. The average molecular weight is 268 g/mol. The summed E-state index contributed by atoms with van der Waals surface area (Å²) < 4.78 is 0. The van der Waals surface area contributed by atoms with Crippen LogP contribution in [-0.4, -0.2) is 5.11 Å². The van der Waals surface area contributed by atoms with Crippen LogP contribution in [0.3, 0.4) is 0 Å². The lowest BCUT2D eigenvalue weighted by molar-refractivity contribution is 0.225. The van der Waals surface area contributed by atoms with E-state index in [1.54, 1.807) is 11.3 Å². The van der Waals surface area contributed by atoms with Crippen LogP contribution in [0.15, 0.2) is 48.5 Å². The van der Waals surface area contributed by atoms with Gasteiger partial charge in [0, 0.05) is 9.75 Å². The fraction of sp³-hybridized carbons (Fsp3) is 0.176. The van der Waals surface area contributed by atoms with Crippen LogP contribution < -0.4 is 0 Å². The Labute approximate surface area is 117 Å². The molecule has 0 spiro atoms. The highest BCUT2D eigenvalue weighted by molar-refractivity contribution is 7.12. The van der Waals surface area contributed by atoms with E-state index < -0.39 is 6.10 Å². The van der Waals surface area contributed by atoms with Gasteiger partial charge in [-0.05, 0) is 47.9 Å². The van der Waals surface area contributed by atoms with E-state index >= 15 is 0 Å². The Morgan fingerprint density at radius 1 is 0.947 bits per heavy atom. The van der Waals surface area contributed by atoms with Gasteiger partial charge in [-0.15, -0.1) is 11.3 Å². The molecule has 1 atom stereocenters. The number of thiophene rings is 1. The summed E-state index contributed by atoms with van der Waals surface area (Å²) in [5.41, 5.74) is 2.16. The van der Waals surface area contributed by atoms with Gasteiger partial charge in [-0.2, -0.15) is 0 Å². The second-order valence-electron chi connectivity index (χ2n) is 4.87. The Kier molecular flexibility index (Phi) is 3.13. The van der Waals surface area contributed by atoms with E-state index in [4.69, 9.17) is 0 Å². The van der Waals surface area contributed by atoms with E-state index in [9.17, 15) is 5.11 Å². The van der Waals surface area contributed by atoms with Gasteiger partial charge in [0.2, 0.25) is 0 Å². The first-order chi connectivity index (χ1) is 9.16. The third-order valence-electron chi connectivity index (χ3n) is 3.49. The maximum absolute atomic E-state index is 10.7. The molecule has 0 aliphatic heterocycles. The molecule has 1 nitrogen and oxygen atoms in total. The zero-order valence-corrected chi connectivity index (χ0v) is 11.9. The normalized spacial score (nSPS) is 12.8. The van der Waals surface area contributed by atoms with Crippen molar-refractivity contribution in [2.75, 3.05) is 0 Å². The van der Waals surface area contributed by atoms with Gasteiger partial charge in [0.05, 0.1) is 0 Å². The first-order valence-corrected chi connectivity index (χ1v) is 7.21. The van der Waals surface area contributed by atoms with Crippen LogP contribution in [0.1, 0.15) is 27.0 Å². The molecule has 0 radical (unpaired) electrons. The van der Waals surface area contributed by atoms with Crippen LogP contribution >= 0.6 is 11.3 Å². The fourth-order valence-electron chi connectivity index (χ4n) is 2.51. The number of hydrogen-bond donors (Lipinski definition) is 1. The third-order valence-corrected chi connectivity index (χ3v) is 4.55. The molecule has 0 unspecified atom stereocenters. The van der Waals surface area contributed by atoms with Crippen molar-refractivity contribution in [3.63, 3.8) is 0 Å². The minimum absolute atomic E-state index is 0.537. The molecule has 2 aromatic carbocycles. The van der Waals surface area contributed by atoms with Crippen molar-refractivity contribution in [1.82, 2.24) is 0 Å². The van der Waals surface area contributed by atoms with E-state index in [0.29, 0.717) is 0 Å². The molecular weight excluding hydrogens is 252 g/mol. The Hall–Kier alpha value is -1.64. The highest BCUT2D eigenvalue weighted by Gasteiger charge is 2.17. The number of rotatable bonds is 2. The number of hydrogen-bond acceptors (Lipinski definition) is 2. The average Bonchev–Trinajstić information content (AvgIpc) is 2.85. The molecule has 1 aromatic heterocycles. The van der Waals surface area contributed by atoms with Crippen LogP contribution in [0, 0.1) is 13.8 Å². The van der Waals surface area contributed by atoms with Crippen molar-refractivity contribution in [3.8, 4) is 0 Å². The molecule has 0 fully saturated rings. The zero-order chi connectivity index (χ0) is 13.4. The molecule has 0 aliphatic rings. The lowest BCUT2D eigenvalue weighted by Gasteiger charge is -2.15. The summed E-state index contributed by atoms with van der Waals surface area (Å²) >= 11 is 1.66. The minimum atomic E-state index is -0.537. The van der Waals surface area contributed by atoms with Crippen LogP contribution in [0.4, 0.5) is 0 Å². The third kappa shape index (κ3) is 2.18. The minimum Gasteiger partial charge on any atom is -0.383 e. The SMILES string of the molecule is Cc1ccc([C@@H](O)c2c(C)ccc3ccccc23)s1. The summed E-state index contributed by atoms with van der Waals surface area (Å²) in [6.45, 7) is 4.13. The quantitative estimate of drug-likeness (QED) is 0.720. The summed E-state index contributed by atoms with van der Waals surface area (Å²) in [6, 6.07) is 16.5. The molecule has 3 aromatic rings. The van der Waals surface area contributed by atoms with Gasteiger partial charge in [-0.25, -0.2) is 0 Å². The Balaban J connectivity index is 2.21. The van der Waals surface area contributed by atoms with E-state index in [1.807, 2.05) is 18.2 Å². The maximum Gasteiger partial charge on any atom is 0.114 e. The molecule has 0 amide bonds. The van der Waals surface area contributed by atoms with Crippen molar-refractivity contribution >= 4 is 22.1 Å². The van der Waals surface area contributed by atoms with Crippen LogP contribution in [0.25, 0.3) is 10.8 Å². The predicted molar refractivity (Wildman–Crippen MR) is 81.8 cm³/mol. The molecule has 2 heteroatoms. The Morgan fingerprint density at radius 2 is 1.74 bits per heavy atom. The van der Waals surface area contributed by atoms with Crippen molar-refractivity contribution in [3.05, 3.63) is 69.4 Å². The molecule has 0 bridgehead atoms. The standard InChI is InChI=1S/C17H16OS/c1-11-7-9-13-5-3-4-6-14(13)16(11)17(18)15-10-8-12(2)19-15/h3-10,17-18H,1-2H3/t17-/m1/s1. The lowest BCUT2D eigenvalue weighted by Crippen LogP contribution is -2.01. The van der Waals surface area contributed by atoms with Gasteiger partial charge in [0.1, 0.15) is 6.10 Å². The number of benzene rings is 2. The van der Waals surface area contributed by atoms with Crippen molar-refractivity contribution in [2.24, 2.45) is 0 Å². The Bertz CT molecular complexity index is 727. The topological polar surface area (TPSA) is 20.2 Å². The summed E-state index contributed by atoms with van der Waals surface area (Å²) in [4.78, 5) is 2.24. The van der Waals surface area contributed by atoms with E-state index in [0.717, 1.165) is 21.4 Å². The van der Waals surface area contributed by atoms with Gasteiger partial charge in [0.25, 0.3) is 0 Å². The highest BCUT2D eigenvalue weighted by Crippen LogP contribution is 2.34. The summed E-state index contributed by atoms with van der Waals surface area (Å²) in [6.07, 6.45) is -0.537. The van der Waals surface area contributed by atoms with Crippen molar-refractivity contribution < 1.29 is 5.11 Å². The van der Waals surface area contributed by atoms with Crippen molar-refractivity contribution in [1.29, 1.82) is 0 Å². The second-order valence-corrected chi connectivity index (χ2v) is 6.19. The second kappa shape index (κ2) is 4.80. The lowest BCUT2D eigenvalue weighted by atomic mass is 9.95. The van der Waals surface area contributed by atoms with Gasteiger partial charge < -0.3 is 5.11 Å². The van der Waals surface area contributed by atoms with Crippen LogP contribution in [-0.2, 0) is 0 Å². The highest BCUT2D eigenvalue weighted by atomic mass is 32.1. The number of fused-ring (bicyclic) bond motifs is 1. The van der Waals surface area contributed by atoms with Gasteiger partial charge in [0.15, 0.2) is 0 Å². The smallest absolute Gasteiger partial charge is 0.114 e. The van der Waals surface area contributed by atoms with E-state index in [2.05, 4.69) is 44.2 Å². The summed E-state index contributed by atoms with van der Waals surface area (Å²) in [7, 11) is 0. The molecule has 0 aliphatic carbocycles. The van der Waals surface area contributed by atoms with Crippen LogP contribution in [0.5, 0.6) is 0 Å². The first kappa shape index (κ1) is 12.4. The molecular formula is C17H16OS. The molecule has 1 N–H and O–H groups in total. The monoisotopic (exact) mass is 268 g/mol. The van der Waals surface area contributed by atoms with Gasteiger partial charge in [-0.1, -0.05) is 36.4 Å². The molecule has 0 saturated heterocycles. The summed E-state index contributed by atoms with van der Waals surface area (Å²) in [5, 5.41) is 13.0. The number of aliphatic hydroxyl groups is 1. The largest absolute Gasteiger partial charge is 0.383 e. The van der Waals surface area contributed by atoms with Gasteiger partial charge >= 0.3 is 0 Å². The molecule has 3 rings (SSSR count).